The van der Waals surface area contributed by atoms with Crippen molar-refractivity contribution in [1.82, 2.24) is 4.90 Å². The van der Waals surface area contributed by atoms with Crippen molar-refractivity contribution in [2.45, 2.75) is 25.8 Å². The maximum Gasteiger partial charge on any atom is 0.236 e. The summed E-state index contributed by atoms with van der Waals surface area (Å²) in [5, 5.41) is 0. The van der Waals surface area contributed by atoms with Gasteiger partial charge < -0.3 is 10.6 Å². The third-order valence-electron chi connectivity index (χ3n) is 2.05. The quantitative estimate of drug-likeness (QED) is 0.631. The average Bonchev–Trinajstić information content (AvgIpc) is 2.34. The topological polar surface area (TPSA) is 46.3 Å². The minimum absolute atomic E-state index is 0. The predicted molar refractivity (Wildman–Crippen MR) is 46.7 cm³/mol. The average molecular weight is 179 g/mol. The van der Waals surface area contributed by atoms with Gasteiger partial charge in [0.05, 0.1) is 6.54 Å². The largest absolute Gasteiger partial charge is 0.339 e. The molecule has 1 fully saturated rings. The van der Waals surface area contributed by atoms with Gasteiger partial charge in [-0.2, -0.15) is 0 Å². The van der Waals surface area contributed by atoms with Gasteiger partial charge in [-0.15, -0.1) is 12.4 Å². The van der Waals surface area contributed by atoms with E-state index in [-0.39, 0.29) is 24.9 Å². The Morgan fingerprint density at radius 2 is 2.36 bits per heavy atom. The number of likely N-dealkylation sites (tertiary alicyclic amines) is 1. The van der Waals surface area contributed by atoms with Crippen LogP contribution in [0.4, 0.5) is 0 Å². The van der Waals surface area contributed by atoms with Gasteiger partial charge in [0.15, 0.2) is 0 Å². The van der Waals surface area contributed by atoms with E-state index in [1.54, 1.807) is 0 Å². The van der Waals surface area contributed by atoms with Crippen LogP contribution in [0, 0.1) is 0 Å². The molecule has 1 saturated heterocycles. The molecule has 4 heteroatoms. The van der Waals surface area contributed by atoms with Gasteiger partial charge in [0, 0.05) is 12.6 Å². The molecule has 1 rings (SSSR count). The molecule has 1 aliphatic heterocycles. The van der Waals surface area contributed by atoms with Gasteiger partial charge in [-0.1, -0.05) is 0 Å². The van der Waals surface area contributed by atoms with Gasteiger partial charge in [-0.3, -0.25) is 4.79 Å². The molecule has 1 atom stereocenters. The van der Waals surface area contributed by atoms with Gasteiger partial charge in [0.1, 0.15) is 0 Å². The highest BCUT2D eigenvalue weighted by Crippen LogP contribution is 2.15. The summed E-state index contributed by atoms with van der Waals surface area (Å²) in [6.45, 7) is 3.13. The first-order chi connectivity index (χ1) is 4.75. The van der Waals surface area contributed by atoms with Gasteiger partial charge in [-0.05, 0) is 19.8 Å². The lowest BCUT2D eigenvalue weighted by atomic mass is 10.2. The smallest absolute Gasteiger partial charge is 0.236 e. The van der Waals surface area contributed by atoms with E-state index in [0.29, 0.717) is 6.04 Å². The minimum Gasteiger partial charge on any atom is -0.339 e. The van der Waals surface area contributed by atoms with Crippen LogP contribution in [0.25, 0.3) is 0 Å². The van der Waals surface area contributed by atoms with Crippen LogP contribution >= 0.6 is 12.4 Å². The molecule has 1 heterocycles. The fourth-order valence-electron chi connectivity index (χ4n) is 1.42. The van der Waals surface area contributed by atoms with Crippen LogP contribution in [-0.4, -0.2) is 29.9 Å². The highest BCUT2D eigenvalue weighted by atomic mass is 35.5. The Labute approximate surface area is 73.3 Å². The minimum atomic E-state index is 0. The molecule has 0 aliphatic carbocycles. The third-order valence-corrected chi connectivity index (χ3v) is 2.05. The second kappa shape index (κ2) is 4.57. The van der Waals surface area contributed by atoms with Crippen LogP contribution in [0.5, 0.6) is 0 Å². The zero-order chi connectivity index (χ0) is 7.56. The lowest BCUT2D eigenvalue weighted by Gasteiger charge is -2.19. The van der Waals surface area contributed by atoms with Crippen LogP contribution in [0.3, 0.4) is 0 Å². The van der Waals surface area contributed by atoms with Crippen molar-refractivity contribution in [3.8, 4) is 0 Å². The number of hydrogen-bond donors (Lipinski definition) is 1. The summed E-state index contributed by atoms with van der Waals surface area (Å²) < 4.78 is 0. The number of carbonyl (C=O) groups excluding carboxylic acids is 1. The number of hydrogen-bond acceptors (Lipinski definition) is 2. The normalized spacial score (nSPS) is 23.1. The molecule has 0 spiro atoms. The highest BCUT2D eigenvalue weighted by Gasteiger charge is 2.23. The number of nitrogens with two attached hydrogens (primary N) is 1. The second-order valence-electron chi connectivity index (χ2n) is 2.78. The summed E-state index contributed by atoms with van der Waals surface area (Å²) in [5.41, 5.74) is 5.22. The van der Waals surface area contributed by atoms with Crippen molar-refractivity contribution < 1.29 is 4.79 Å². The number of rotatable bonds is 1. The monoisotopic (exact) mass is 178 g/mol. The van der Waals surface area contributed by atoms with Gasteiger partial charge >= 0.3 is 0 Å². The molecule has 1 aliphatic rings. The van der Waals surface area contributed by atoms with Crippen molar-refractivity contribution in [3.05, 3.63) is 0 Å². The van der Waals surface area contributed by atoms with E-state index < -0.39 is 0 Å². The van der Waals surface area contributed by atoms with E-state index >= 15 is 0 Å². The first-order valence-electron chi connectivity index (χ1n) is 3.75. The lowest BCUT2D eigenvalue weighted by Crippen LogP contribution is -2.37. The van der Waals surface area contributed by atoms with Crippen LogP contribution in [0.15, 0.2) is 0 Å². The first-order valence-corrected chi connectivity index (χ1v) is 3.75. The van der Waals surface area contributed by atoms with Gasteiger partial charge in [0.25, 0.3) is 0 Å². The summed E-state index contributed by atoms with van der Waals surface area (Å²) in [4.78, 5) is 12.9. The number of amides is 1. The van der Waals surface area contributed by atoms with Crippen molar-refractivity contribution >= 4 is 18.3 Å². The Morgan fingerprint density at radius 1 is 1.73 bits per heavy atom. The first kappa shape index (κ1) is 10.7. The van der Waals surface area contributed by atoms with Gasteiger partial charge in [-0.25, -0.2) is 0 Å². The Kier molecular flexibility index (Phi) is 4.45. The fourth-order valence-corrected chi connectivity index (χ4v) is 1.42. The fraction of sp³-hybridized carbons (Fsp3) is 0.857. The number of carbonyl (C=O) groups is 1. The van der Waals surface area contributed by atoms with E-state index in [1.807, 2.05) is 4.90 Å². The van der Waals surface area contributed by atoms with Crippen molar-refractivity contribution in [2.75, 3.05) is 13.1 Å². The summed E-state index contributed by atoms with van der Waals surface area (Å²) in [6, 6.07) is 0.413. The zero-order valence-electron chi connectivity index (χ0n) is 6.75. The molecule has 0 saturated carbocycles. The zero-order valence-corrected chi connectivity index (χ0v) is 7.56. The highest BCUT2D eigenvalue weighted by molar-refractivity contribution is 5.85. The molecule has 66 valence electrons. The summed E-state index contributed by atoms with van der Waals surface area (Å²) in [6.07, 6.45) is 2.26. The Morgan fingerprint density at radius 3 is 2.73 bits per heavy atom. The SMILES string of the molecule is CC1CCCN1C(=O)CN.Cl. The summed E-state index contributed by atoms with van der Waals surface area (Å²) in [7, 11) is 0. The second-order valence-corrected chi connectivity index (χ2v) is 2.78. The van der Waals surface area contributed by atoms with E-state index in [9.17, 15) is 4.79 Å². The molecule has 0 aromatic carbocycles. The molecule has 2 N–H and O–H groups in total. The number of halogens is 1. The van der Waals surface area contributed by atoms with Gasteiger partial charge in [0.2, 0.25) is 5.91 Å². The van der Waals surface area contributed by atoms with Crippen molar-refractivity contribution in [3.63, 3.8) is 0 Å². The molecule has 11 heavy (non-hydrogen) atoms. The Hall–Kier alpha value is -0.280. The molecule has 3 nitrogen and oxygen atoms in total. The van der Waals surface area contributed by atoms with Crippen molar-refractivity contribution in [2.24, 2.45) is 5.73 Å². The lowest BCUT2D eigenvalue weighted by molar-refractivity contribution is -0.130. The van der Waals surface area contributed by atoms with E-state index in [0.717, 1.165) is 19.4 Å². The maximum absolute atomic E-state index is 11.0. The molecule has 0 aromatic heterocycles. The number of nitrogens with zero attached hydrogens (tertiary/aromatic N) is 1. The van der Waals surface area contributed by atoms with Crippen LogP contribution in [0.2, 0.25) is 0 Å². The molecular weight excluding hydrogens is 164 g/mol. The molecule has 0 bridgehead atoms. The third kappa shape index (κ3) is 2.34. The van der Waals surface area contributed by atoms with Crippen molar-refractivity contribution in [1.29, 1.82) is 0 Å². The maximum atomic E-state index is 11.0. The molecule has 1 amide bonds. The van der Waals surface area contributed by atoms with E-state index in [4.69, 9.17) is 5.73 Å². The predicted octanol–water partition coefficient (Wildman–Crippen LogP) is 0.378. The van der Waals surface area contributed by atoms with E-state index in [2.05, 4.69) is 6.92 Å². The molecule has 1 unspecified atom stereocenters. The van der Waals surface area contributed by atoms with E-state index in [1.165, 1.54) is 0 Å². The van der Waals surface area contributed by atoms with Crippen LogP contribution < -0.4 is 5.73 Å². The summed E-state index contributed by atoms with van der Waals surface area (Å²) in [5.74, 6) is 0.0880. The Bertz CT molecular complexity index is 140. The molecule has 0 aromatic rings. The van der Waals surface area contributed by atoms with Crippen LogP contribution in [0.1, 0.15) is 19.8 Å². The molecule has 0 radical (unpaired) electrons. The standard InChI is InChI=1S/C7H14N2O.ClH/c1-6-3-2-4-9(6)7(10)5-8;/h6H,2-5,8H2,1H3;1H. The Balaban J connectivity index is 0.000001000. The summed E-state index contributed by atoms with van der Waals surface area (Å²) >= 11 is 0. The van der Waals surface area contributed by atoms with Crippen LogP contribution in [-0.2, 0) is 4.79 Å². The molecular formula is C7H15ClN2O.